The van der Waals surface area contributed by atoms with Gasteiger partial charge in [-0.15, -0.1) is 5.10 Å². The number of fused-ring (bicyclic) bond motifs is 3. The van der Waals surface area contributed by atoms with Crippen LogP contribution in [-0.2, 0) is 12.8 Å². The van der Waals surface area contributed by atoms with Crippen molar-refractivity contribution in [3.63, 3.8) is 0 Å². The van der Waals surface area contributed by atoms with Gasteiger partial charge in [0, 0.05) is 23.6 Å². The standard InChI is InChI=1S/C18H20N4OS/c1-12-14-8-10-19-11-9-15(14)22-17(20-12)16(18(21-22)23-2)24-13-6-4-3-5-7-13/h3-7,19H,8-11H2,1-2H3. The molecule has 2 aromatic heterocycles. The number of aryl methyl sites for hydroxylation is 1. The Balaban J connectivity index is 1.90. The molecule has 3 aromatic rings. The zero-order valence-electron chi connectivity index (χ0n) is 13.9. The molecule has 0 amide bonds. The van der Waals surface area contributed by atoms with Crippen molar-refractivity contribution in [2.75, 3.05) is 20.2 Å². The van der Waals surface area contributed by atoms with Gasteiger partial charge in [0.25, 0.3) is 0 Å². The summed E-state index contributed by atoms with van der Waals surface area (Å²) in [5.74, 6) is 0.640. The molecule has 5 nitrogen and oxygen atoms in total. The molecule has 1 aliphatic rings. The summed E-state index contributed by atoms with van der Waals surface area (Å²) in [6, 6.07) is 10.3. The zero-order chi connectivity index (χ0) is 16.5. The Morgan fingerprint density at radius 3 is 2.75 bits per heavy atom. The van der Waals surface area contributed by atoms with Gasteiger partial charge in [0.15, 0.2) is 5.65 Å². The van der Waals surface area contributed by atoms with Gasteiger partial charge in [-0.1, -0.05) is 30.0 Å². The van der Waals surface area contributed by atoms with E-state index >= 15 is 0 Å². The van der Waals surface area contributed by atoms with Crippen LogP contribution >= 0.6 is 11.8 Å². The molecule has 0 aliphatic carbocycles. The molecule has 124 valence electrons. The number of aromatic nitrogens is 3. The lowest BCUT2D eigenvalue weighted by Gasteiger charge is -2.10. The minimum absolute atomic E-state index is 0.640. The van der Waals surface area contributed by atoms with Gasteiger partial charge < -0.3 is 10.1 Å². The summed E-state index contributed by atoms with van der Waals surface area (Å²) in [5, 5.41) is 8.16. The SMILES string of the molecule is COc1nn2c3c(c(C)nc2c1Sc1ccccc1)CCNCC3. The topological polar surface area (TPSA) is 51.5 Å². The van der Waals surface area contributed by atoms with Gasteiger partial charge >= 0.3 is 0 Å². The third-order valence-corrected chi connectivity index (χ3v) is 5.42. The van der Waals surface area contributed by atoms with E-state index in [-0.39, 0.29) is 0 Å². The lowest BCUT2D eigenvalue weighted by Crippen LogP contribution is -2.16. The Morgan fingerprint density at radius 2 is 1.96 bits per heavy atom. The number of nitrogens with one attached hydrogen (secondary N) is 1. The van der Waals surface area contributed by atoms with Crippen LogP contribution < -0.4 is 10.1 Å². The molecular weight excluding hydrogens is 320 g/mol. The Morgan fingerprint density at radius 1 is 1.17 bits per heavy atom. The highest BCUT2D eigenvalue weighted by Crippen LogP contribution is 2.38. The van der Waals surface area contributed by atoms with E-state index in [1.54, 1.807) is 18.9 Å². The molecule has 0 radical (unpaired) electrons. The number of hydrogen-bond acceptors (Lipinski definition) is 5. The van der Waals surface area contributed by atoms with Crippen molar-refractivity contribution in [1.29, 1.82) is 0 Å². The number of nitrogens with zero attached hydrogens (tertiary/aromatic N) is 3. The highest BCUT2D eigenvalue weighted by Gasteiger charge is 2.22. The maximum Gasteiger partial charge on any atom is 0.249 e. The summed E-state index contributed by atoms with van der Waals surface area (Å²) >= 11 is 1.65. The van der Waals surface area contributed by atoms with Crippen molar-refractivity contribution in [2.24, 2.45) is 0 Å². The van der Waals surface area contributed by atoms with Gasteiger partial charge in [-0.25, -0.2) is 9.50 Å². The monoisotopic (exact) mass is 340 g/mol. The predicted molar refractivity (Wildman–Crippen MR) is 95.1 cm³/mol. The van der Waals surface area contributed by atoms with Crippen LogP contribution in [0, 0.1) is 6.92 Å². The molecule has 24 heavy (non-hydrogen) atoms. The van der Waals surface area contributed by atoms with Gasteiger partial charge in [-0.2, -0.15) is 0 Å². The fraction of sp³-hybridized carbons (Fsp3) is 0.333. The Labute approximate surface area is 145 Å². The third kappa shape index (κ3) is 2.65. The van der Waals surface area contributed by atoms with Crippen LogP contribution in [-0.4, -0.2) is 34.8 Å². The Hall–Kier alpha value is -2.05. The maximum atomic E-state index is 5.56. The van der Waals surface area contributed by atoms with E-state index < -0.39 is 0 Å². The van der Waals surface area contributed by atoms with Crippen molar-refractivity contribution >= 4 is 17.4 Å². The van der Waals surface area contributed by atoms with E-state index in [1.807, 2.05) is 22.7 Å². The van der Waals surface area contributed by atoms with Crippen molar-refractivity contribution < 1.29 is 4.74 Å². The third-order valence-electron chi connectivity index (χ3n) is 4.35. The van der Waals surface area contributed by atoms with Crippen LogP contribution in [0.1, 0.15) is 17.0 Å². The van der Waals surface area contributed by atoms with Crippen LogP contribution in [0.4, 0.5) is 0 Å². The van der Waals surface area contributed by atoms with Crippen molar-refractivity contribution in [2.45, 2.75) is 29.6 Å². The van der Waals surface area contributed by atoms with Crippen LogP contribution in [0.15, 0.2) is 40.1 Å². The summed E-state index contributed by atoms with van der Waals surface area (Å²) in [4.78, 5) is 7.00. The molecule has 0 atom stereocenters. The molecule has 6 heteroatoms. The first-order valence-corrected chi connectivity index (χ1v) is 8.98. The lowest BCUT2D eigenvalue weighted by molar-refractivity contribution is 0.386. The van der Waals surface area contributed by atoms with Gasteiger partial charge in [0.1, 0.15) is 4.90 Å². The van der Waals surface area contributed by atoms with Gasteiger partial charge in [0.2, 0.25) is 5.88 Å². The molecule has 1 aromatic carbocycles. The summed E-state index contributed by atoms with van der Waals surface area (Å²) in [7, 11) is 1.67. The molecule has 0 bridgehead atoms. The van der Waals surface area contributed by atoms with Crippen molar-refractivity contribution in [3.8, 4) is 5.88 Å². The minimum Gasteiger partial charge on any atom is -0.479 e. The number of hydrogen-bond donors (Lipinski definition) is 1. The summed E-state index contributed by atoms with van der Waals surface area (Å²) < 4.78 is 7.54. The normalized spacial score (nSPS) is 14.4. The molecule has 1 N–H and O–H groups in total. The molecule has 1 aliphatic heterocycles. The van der Waals surface area contributed by atoms with E-state index in [9.17, 15) is 0 Å². The highest BCUT2D eigenvalue weighted by molar-refractivity contribution is 7.99. The van der Waals surface area contributed by atoms with E-state index in [4.69, 9.17) is 14.8 Å². The van der Waals surface area contributed by atoms with E-state index in [1.165, 1.54) is 11.3 Å². The molecule has 0 saturated carbocycles. The van der Waals surface area contributed by atoms with Crippen LogP contribution in [0.5, 0.6) is 5.88 Å². The number of benzene rings is 1. The first-order chi connectivity index (χ1) is 11.8. The first-order valence-electron chi connectivity index (χ1n) is 8.16. The summed E-state index contributed by atoms with van der Waals surface area (Å²) in [5.41, 5.74) is 4.55. The Bertz CT molecular complexity index is 876. The fourth-order valence-corrected chi connectivity index (χ4v) is 4.14. The molecular formula is C18H20N4OS. The Kier molecular flexibility index (Phi) is 4.16. The van der Waals surface area contributed by atoms with E-state index in [0.29, 0.717) is 5.88 Å². The zero-order valence-corrected chi connectivity index (χ0v) is 14.7. The molecule has 0 unspecified atom stereocenters. The number of rotatable bonds is 3. The second-order valence-corrected chi connectivity index (χ2v) is 6.95. The van der Waals surface area contributed by atoms with Crippen LogP contribution in [0.3, 0.4) is 0 Å². The second-order valence-electron chi connectivity index (χ2n) is 5.86. The van der Waals surface area contributed by atoms with Crippen molar-refractivity contribution in [1.82, 2.24) is 19.9 Å². The van der Waals surface area contributed by atoms with E-state index in [0.717, 1.165) is 47.1 Å². The van der Waals surface area contributed by atoms with Gasteiger partial charge in [-0.3, -0.25) is 0 Å². The summed E-state index contributed by atoms with van der Waals surface area (Å²) in [6.45, 7) is 4.06. The number of methoxy groups -OCH3 is 1. The molecule has 3 heterocycles. The second kappa shape index (κ2) is 6.45. The fourth-order valence-electron chi connectivity index (χ4n) is 3.18. The van der Waals surface area contributed by atoms with Crippen LogP contribution in [0.2, 0.25) is 0 Å². The molecule has 0 spiro atoms. The molecule has 4 rings (SSSR count). The highest BCUT2D eigenvalue weighted by atomic mass is 32.2. The first kappa shape index (κ1) is 15.5. The smallest absolute Gasteiger partial charge is 0.249 e. The van der Waals surface area contributed by atoms with Gasteiger partial charge in [-0.05, 0) is 37.6 Å². The average molecular weight is 340 g/mol. The largest absolute Gasteiger partial charge is 0.479 e. The predicted octanol–water partition coefficient (Wildman–Crippen LogP) is 2.89. The average Bonchev–Trinajstić information content (AvgIpc) is 2.79. The van der Waals surface area contributed by atoms with Crippen molar-refractivity contribution in [3.05, 3.63) is 47.3 Å². The summed E-state index contributed by atoms with van der Waals surface area (Å²) in [6.07, 6.45) is 1.95. The van der Waals surface area contributed by atoms with Crippen LogP contribution in [0.25, 0.3) is 5.65 Å². The molecule has 0 saturated heterocycles. The number of ether oxygens (including phenoxy) is 1. The lowest BCUT2D eigenvalue weighted by atomic mass is 10.1. The molecule has 0 fully saturated rings. The minimum atomic E-state index is 0.640. The maximum absolute atomic E-state index is 5.56. The quantitative estimate of drug-likeness (QED) is 0.794. The van der Waals surface area contributed by atoms with Gasteiger partial charge in [0.05, 0.1) is 12.8 Å². The van der Waals surface area contributed by atoms with E-state index in [2.05, 4.69) is 24.4 Å².